The lowest BCUT2D eigenvalue weighted by molar-refractivity contribution is -0.118. The van der Waals surface area contributed by atoms with E-state index in [2.05, 4.69) is 16.7 Å². The smallest absolute Gasteiger partial charge is 0.338 e. The van der Waals surface area contributed by atoms with E-state index in [-0.39, 0.29) is 33.2 Å². The van der Waals surface area contributed by atoms with Crippen molar-refractivity contribution in [3.05, 3.63) is 99.0 Å². The maximum atomic E-state index is 15.8. The first kappa shape index (κ1) is 31.4. The third-order valence-corrected chi connectivity index (χ3v) is 7.92. The molecule has 0 bridgehead atoms. The van der Waals surface area contributed by atoms with Crippen LogP contribution in [0.3, 0.4) is 0 Å². The van der Waals surface area contributed by atoms with Crippen molar-refractivity contribution in [1.29, 1.82) is 5.26 Å². The Labute approximate surface area is 254 Å². The first-order valence-corrected chi connectivity index (χ1v) is 14.2. The SMILES string of the molecule is CCOC(=O)c1ccc(NC(=O)C2NC(CC(C)(C)C)C(C#N)(c3ccc(Cl)cc3F)C2c2cccc(Cl)c2F)cc1. The summed E-state index contributed by atoms with van der Waals surface area (Å²) in [7, 11) is 0. The molecule has 4 atom stereocenters. The monoisotopic (exact) mass is 613 g/mol. The third kappa shape index (κ3) is 6.14. The van der Waals surface area contributed by atoms with E-state index in [0.29, 0.717) is 17.7 Å². The molecule has 6 nitrogen and oxygen atoms in total. The molecule has 220 valence electrons. The van der Waals surface area contributed by atoms with Gasteiger partial charge in [0.05, 0.1) is 29.3 Å². The number of benzene rings is 3. The van der Waals surface area contributed by atoms with Crippen molar-refractivity contribution in [2.75, 3.05) is 11.9 Å². The molecule has 4 rings (SSSR count). The van der Waals surface area contributed by atoms with Crippen molar-refractivity contribution >= 4 is 40.8 Å². The molecule has 1 amide bonds. The van der Waals surface area contributed by atoms with Gasteiger partial charge in [0.15, 0.2) is 0 Å². The molecular formula is C32H31Cl2F2N3O3. The van der Waals surface area contributed by atoms with Crippen molar-refractivity contribution in [2.24, 2.45) is 5.41 Å². The van der Waals surface area contributed by atoms with E-state index in [0.717, 1.165) is 6.07 Å². The second-order valence-electron chi connectivity index (χ2n) is 11.5. The summed E-state index contributed by atoms with van der Waals surface area (Å²) in [5, 5.41) is 16.9. The quantitative estimate of drug-likeness (QED) is 0.271. The summed E-state index contributed by atoms with van der Waals surface area (Å²) in [6, 6.07) is 14.8. The average Bonchev–Trinajstić information content (AvgIpc) is 3.23. The highest BCUT2D eigenvalue weighted by Gasteiger charge is 2.61. The number of esters is 1. The highest BCUT2D eigenvalue weighted by Crippen LogP contribution is 2.52. The lowest BCUT2D eigenvalue weighted by atomic mass is 9.62. The fraction of sp³-hybridized carbons (Fsp3) is 0.344. The van der Waals surface area contributed by atoms with Gasteiger partial charge in [0, 0.05) is 28.2 Å². The van der Waals surface area contributed by atoms with Crippen LogP contribution >= 0.6 is 23.2 Å². The minimum Gasteiger partial charge on any atom is -0.462 e. The second kappa shape index (κ2) is 12.4. The largest absolute Gasteiger partial charge is 0.462 e. The van der Waals surface area contributed by atoms with Crippen molar-refractivity contribution in [2.45, 2.75) is 57.5 Å². The number of nitriles is 1. The highest BCUT2D eigenvalue weighted by molar-refractivity contribution is 6.31. The van der Waals surface area contributed by atoms with E-state index in [1.54, 1.807) is 6.92 Å². The first-order chi connectivity index (χ1) is 19.8. The number of anilines is 1. The van der Waals surface area contributed by atoms with Crippen molar-refractivity contribution in [3.63, 3.8) is 0 Å². The Bertz CT molecular complexity index is 1540. The molecule has 2 N–H and O–H groups in total. The molecule has 0 radical (unpaired) electrons. The molecule has 0 saturated carbocycles. The summed E-state index contributed by atoms with van der Waals surface area (Å²) in [5.74, 6) is -3.81. The number of rotatable bonds is 7. The predicted molar refractivity (Wildman–Crippen MR) is 159 cm³/mol. The van der Waals surface area contributed by atoms with Crippen LogP contribution in [0.5, 0.6) is 0 Å². The van der Waals surface area contributed by atoms with E-state index in [4.69, 9.17) is 27.9 Å². The van der Waals surface area contributed by atoms with Crippen LogP contribution in [0.1, 0.15) is 61.5 Å². The van der Waals surface area contributed by atoms with E-state index in [1.807, 2.05) is 20.8 Å². The van der Waals surface area contributed by atoms with Crippen LogP contribution in [0.25, 0.3) is 0 Å². The minimum atomic E-state index is -1.73. The van der Waals surface area contributed by atoms with Crippen LogP contribution in [0, 0.1) is 28.4 Å². The summed E-state index contributed by atoms with van der Waals surface area (Å²) >= 11 is 12.2. The standard InChI is InChI=1S/C32H31Cl2F2N3O3/c1-5-42-30(41)18-9-12-20(13-10-18)38-29(40)28-26(21-7-6-8-23(34)27(21)36)32(17-37,25(39-28)16-31(2,3)4)22-14-11-19(33)15-24(22)35/h6-15,25-26,28,39H,5,16H2,1-4H3,(H,38,40). The molecule has 0 aromatic heterocycles. The van der Waals surface area contributed by atoms with Crippen LogP contribution in [0.2, 0.25) is 10.0 Å². The zero-order chi connectivity index (χ0) is 30.8. The summed E-state index contributed by atoms with van der Waals surface area (Å²) < 4.78 is 36.5. The molecule has 3 aromatic carbocycles. The zero-order valence-corrected chi connectivity index (χ0v) is 25.1. The number of hydrogen-bond donors (Lipinski definition) is 2. The Hall–Kier alpha value is -3.51. The lowest BCUT2D eigenvalue weighted by Crippen LogP contribution is -2.45. The second-order valence-corrected chi connectivity index (χ2v) is 12.3. The molecule has 1 heterocycles. The van der Waals surface area contributed by atoms with Crippen LogP contribution in [0.15, 0.2) is 60.7 Å². The van der Waals surface area contributed by atoms with Gasteiger partial charge in [-0.2, -0.15) is 5.26 Å². The Balaban J connectivity index is 1.87. The maximum Gasteiger partial charge on any atom is 0.338 e. The van der Waals surface area contributed by atoms with Crippen LogP contribution < -0.4 is 10.6 Å². The van der Waals surface area contributed by atoms with E-state index in [1.165, 1.54) is 54.6 Å². The van der Waals surface area contributed by atoms with Gasteiger partial charge >= 0.3 is 5.97 Å². The molecule has 4 unspecified atom stereocenters. The summed E-state index contributed by atoms with van der Waals surface area (Å²) in [6.45, 7) is 7.80. The van der Waals surface area contributed by atoms with Gasteiger partial charge in [0.1, 0.15) is 17.0 Å². The van der Waals surface area contributed by atoms with Gasteiger partial charge < -0.3 is 15.4 Å². The Kier molecular flexibility index (Phi) is 9.27. The van der Waals surface area contributed by atoms with Crippen LogP contribution in [0.4, 0.5) is 14.5 Å². The molecular weight excluding hydrogens is 583 g/mol. The number of nitrogens with one attached hydrogen (secondary N) is 2. The summed E-state index contributed by atoms with van der Waals surface area (Å²) in [6.07, 6.45) is 0.347. The van der Waals surface area contributed by atoms with Gasteiger partial charge in [0.2, 0.25) is 5.91 Å². The van der Waals surface area contributed by atoms with Gasteiger partial charge in [-0.1, -0.05) is 62.2 Å². The summed E-state index contributed by atoms with van der Waals surface area (Å²) in [4.78, 5) is 26.0. The molecule has 0 spiro atoms. The molecule has 1 aliphatic heterocycles. The number of ether oxygens (including phenoxy) is 1. The van der Waals surface area contributed by atoms with E-state index >= 15 is 8.78 Å². The van der Waals surface area contributed by atoms with Crippen molar-refractivity contribution in [1.82, 2.24) is 5.32 Å². The molecule has 1 fully saturated rings. The number of halogens is 4. The normalized spacial score (nSPS) is 21.9. The Morgan fingerprint density at radius 2 is 1.79 bits per heavy atom. The predicted octanol–water partition coefficient (Wildman–Crippen LogP) is 7.41. The van der Waals surface area contributed by atoms with Gasteiger partial charge in [0.25, 0.3) is 0 Å². The Morgan fingerprint density at radius 3 is 2.38 bits per heavy atom. The van der Waals surface area contributed by atoms with Crippen molar-refractivity contribution in [3.8, 4) is 6.07 Å². The average molecular weight is 615 g/mol. The molecule has 1 aliphatic rings. The number of carbonyl (C=O) groups is 2. The fourth-order valence-corrected chi connectivity index (χ4v) is 6.02. The number of hydrogen-bond acceptors (Lipinski definition) is 5. The van der Waals surface area contributed by atoms with Gasteiger partial charge in [-0.3, -0.25) is 4.79 Å². The highest BCUT2D eigenvalue weighted by atomic mass is 35.5. The Morgan fingerprint density at radius 1 is 1.10 bits per heavy atom. The van der Waals surface area contributed by atoms with Gasteiger partial charge in [-0.05, 0) is 66.8 Å². The van der Waals surface area contributed by atoms with E-state index < -0.39 is 46.9 Å². The third-order valence-electron chi connectivity index (χ3n) is 7.40. The minimum absolute atomic E-state index is 0.000109. The molecule has 0 aliphatic carbocycles. The first-order valence-electron chi connectivity index (χ1n) is 13.5. The number of nitrogens with zero attached hydrogens (tertiary/aromatic N) is 1. The van der Waals surface area contributed by atoms with Crippen LogP contribution in [-0.2, 0) is 14.9 Å². The van der Waals surface area contributed by atoms with E-state index in [9.17, 15) is 14.9 Å². The van der Waals surface area contributed by atoms with Crippen molar-refractivity contribution < 1.29 is 23.1 Å². The van der Waals surface area contributed by atoms with Gasteiger partial charge in [-0.15, -0.1) is 0 Å². The lowest BCUT2D eigenvalue weighted by Gasteiger charge is -2.37. The zero-order valence-electron chi connectivity index (χ0n) is 23.6. The molecule has 42 heavy (non-hydrogen) atoms. The molecule has 3 aromatic rings. The number of carbonyl (C=O) groups excluding carboxylic acids is 2. The molecule has 10 heteroatoms. The topological polar surface area (TPSA) is 91.2 Å². The summed E-state index contributed by atoms with van der Waals surface area (Å²) in [5.41, 5.74) is -1.44. The molecule has 1 saturated heterocycles. The number of amides is 1. The fourth-order valence-electron chi connectivity index (χ4n) is 5.68. The van der Waals surface area contributed by atoms with Crippen LogP contribution in [-0.4, -0.2) is 30.6 Å². The maximum absolute atomic E-state index is 15.8. The van der Waals surface area contributed by atoms with Gasteiger partial charge in [-0.25, -0.2) is 13.6 Å².